The Kier molecular flexibility index (Phi) is 35.5. The summed E-state index contributed by atoms with van der Waals surface area (Å²) in [4.78, 5) is 19.7. The van der Waals surface area contributed by atoms with Crippen LogP contribution in [0.15, 0.2) is 12.2 Å². The third-order valence-corrected chi connectivity index (χ3v) is 5.77. The van der Waals surface area contributed by atoms with E-state index in [1.165, 1.54) is 89.9 Å². The third kappa shape index (κ3) is 32.5. The van der Waals surface area contributed by atoms with Gasteiger partial charge in [0.1, 0.15) is 5.25 Å². The first kappa shape index (κ1) is 40.7. The minimum Gasteiger partial charge on any atom is -0.550 e. The number of carboxylic acid groups (broad SMARTS) is 2. The maximum Gasteiger partial charge on any atom is 1.00 e. The van der Waals surface area contributed by atoms with Gasteiger partial charge in [0.15, 0.2) is 0 Å². The van der Waals surface area contributed by atoms with E-state index in [9.17, 15) is 28.2 Å². The molecule has 0 amide bonds. The molecule has 0 saturated heterocycles. The van der Waals surface area contributed by atoms with Gasteiger partial charge >= 0.3 is 59.1 Å². The molecule has 8 nitrogen and oxygen atoms in total. The zero-order valence-electron chi connectivity index (χ0n) is 20.9. The molecule has 33 heavy (non-hydrogen) atoms. The average Bonchev–Trinajstić information content (AvgIpc) is 2.68. The number of hydrogen-bond acceptors (Lipinski definition) is 7. The van der Waals surface area contributed by atoms with Crippen molar-refractivity contribution in [3.8, 4) is 0 Å². The fraction of sp³-hybridized carbons (Fsp3) is 0.818. The van der Waals surface area contributed by atoms with Crippen LogP contribution < -0.4 is 75.1 Å². The fourth-order valence-electron chi connectivity index (χ4n) is 2.85. The maximum absolute atomic E-state index is 10.2. The molecular weight excluding hydrogens is 468 g/mol. The first-order valence-electron chi connectivity index (χ1n) is 11.4. The second-order valence-electron chi connectivity index (χ2n) is 7.63. The van der Waals surface area contributed by atoms with Crippen molar-refractivity contribution in [3.63, 3.8) is 0 Å². The minimum absolute atomic E-state index is 0. The molecule has 0 aliphatic rings. The van der Waals surface area contributed by atoms with Crippen LogP contribution >= 0.6 is 0 Å². The zero-order valence-corrected chi connectivity index (χ0v) is 25.7. The van der Waals surface area contributed by atoms with Gasteiger partial charge in [-0.05, 0) is 38.6 Å². The van der Waals surface area contributed by atoms with Gasteiger partial charge in [-0.15, -0.1) is 0 Å². The Labute approximate surface area is 244 Å². The molecule has 11 heteroatoms. The molecule has 0 spiro atoms. The van der Waals surface area contributed by atoms with Gasteiger partial charge in [-0.25, -0.2) is 0 Å². The van der Waals surface area contributed by atoms with Crippen LogP contribution in [0.5, 0.6) is 0 Å². The predicted molar refractivity (Wildman–Crippen MR) is 118 cm³/mol. The van der Waals surface area contributed by atoms with Crippen molar-refractivity contribution in [1.29, 1.82) is 0 Å². The summed E-state index contributed by atoms with van der Waals surface area (Å²) in [7, 11) is -4.94. The zero-order chi connectivity index (χ0) is 24.0. The van der Waals surface area contributed by atoms with E-state index >= 15 is 0 Å². The average molecular weight is 510 g/mol. The van der Waals surface area contributed by atoms with E-state index in [1.54, 1.807) is 0 Å². The van der Waals surface area contributed by atoms with E-state index in [-0.39, 0.29) is 59.1 Å². The summed E-state index contributed by atoms with van der Waals surface area (Å²) in [6.45, 7) is 3.14. The smallest absolute Gasteiger partial charge is 0.550 e. The summed E-state index contributed by atoms with van der Waals surface area (Å²) in [6.07, 6.45) is 22.6. The van der Waals surface area contributed by atoms with E-state index in [1.807, 2.05) is 0 Å². The number of allylic oxidation sites excluding steroid dienone is 2. The van der Waals surface area contributed by atoms with Crippen molar-refractivity contribution in [2.45, 2.75) is 108 Å². The van der Waals surface area contributed by atoms with Crippen LogP contribution in [0.3, 0.4) is 0 Å². The number of rotatable bonds is 19. The molecule has 3 N–H and O–H groups in total. The molecule has 0 aliphatic heterocycles. The van der Waals surface area contributed by atoms with Crippen LogP contribution in [0.2, 0.25) is 0 Å². The molecule has 0 fully saturated rings. The van der Waals surface area contributed by atoms with Crippen LogP contribution in [0, 0.1) is 0 Å². The third-order valence-electron chi connectivity index (χ3n) is 4.69. The van der Waals surface area contributed by atoms with Gasteiger partial charge < -0.3 is 25.5 Å². The van der Waals surface area contributed by atoms with Crippen LogP contribution in [0.1, 0.15) is 103 Å². The SMILES string of the molecule is CCCCCCCC/C=C\CCCCCCCCN.O=C([O-])CC(C(=O)[O-])S(=O)(=O)O.[Na+].[Na+]. The largest absolute Gasteiger partial charge is 1.00 e. The van der Waals surface area contributed by atoms with Crippen molar-refractivity contribution in [2.75, 3.05) is 6.54 Å². The number of unbranched alkanes of at least 4 members (excludes halogenated alkanes) is 12. The van der Waals surface area contributed by atoms with Crippen molar-refractivity contribution in [1.82, 2.24) is 0 Å². The van der Waals surface area contributed by atoms with Crippen LogP contribution in [0.4, 0.5) is 0 Å². The van der Waals surface area contributed by atoms with Crippen molar-refractivity contribution in [2.24, 2.45) is 5.73 Å². The van der Waals surface area contributed by atoms with Gasteiger partial charge in [-0.2, -0.15) is 8.42 Å². The molecule has 0 radical (unpaired) electrons. The Bertz CT molecular complexity index is 587. The van der Waals surface area contributed by atoms with Gasteiger partial charge in [0, 0.05) is 12.4 Å². The summed E-state index contributed by atoms with van der Waals surface area (Å²) >= 11 is 0. The van der Waals surface area contributed by atoms with E-state index in [4.69, 9.17) is 10.3 Å². The maximum atomic E-state index is 10.2. The molecule has 0 bridgehead atoms. The molecule has 0 saturated carbocycles. The summed E-state index contributed by atoms with van der Waals surface area (Å²) in [5.74, 6) is -4.08. The Morgan fingerprint density at radius 1 is 0.818 bits per heavy atom. The van der Waals surface area contributed by atoms with Crippen LogP contribution in [-0.2, 0) is 19.7 Å². The molecule has 0 aromatic rings. The molecule has 184 valence electrons. The number of nitrogens with two attached hydrogens (primary N) is 1. The van der Waals surface area contributed by atoms with Crippen molar-refractivity contribution >= 4 is 22.1 Å². The summed E-state index contributed by atoms with van der Waals surface area (Å²) < 4.78 is 28.5. The molecule has 0 aromatic carbocycles. The number of hydrogen-bond donors (Lipinski definition) is 2. The van der Waals surface area contributed by atoms with E-state index in [2.05, 4.69) is 19.1 Å². The number of carbonyl (C=O) groups excluding carboxylic acids is 2. The van der Waals surface area contributed by atoms with Crippen molar-refractivity contribution in [3.05, 3.63) is 12.2 Å². The predicted octanol–water partition coefficient (Wildman–Crippen LogP) is -3.88. The Hall–Kier alpha value is 0.550. The minimum atomic E-state index is -4.94. The monoisotopic (exact) mass is 509 g/mol. The van der Waals surface area contributed by atoms with Gasteiger partial charge in [0.2, 0.25) is 0 Å². The quantitative estimate of drug-likeness (QED) is 0.0774. The van der Waals surface area contributed by atoms with Gasteiger partial charge in [-0.1, -0.05) is 76.9 Å². The topological polar surface area (TPSA) is 161 Å². The fourth-order valence-corrected chi connectivity index (χ4v) is 3.44. The molecule has 1 atom stereocenters. The van der Waals surface area contributed by atoms with E-state index < -0.39 is 33.7 Å². The number of carboxylic acids is 2. The van der Waals surface area contributed by atoms with Crippen LogP contribution in [-0.4, -0.2) is 36.7 Å². The standard InChI is InChI=1S/C18H37N.C4H6O7S.2Na/c1-2-3-4-5-6-7-8-9-10-11-12-13-14-15-16-17-18-19;5-3(6)1-2(4(7)8)12(9,10)11;;/h9-10H,2-8,11-19H2,1H3;2H,1H2,(H,5,6)(H,7,8)(H,9,10,11);;/q;;2*+1/p-2/b10-9-;;;. The second-order valence-corrected chi connectivity index (χ2v) is 9.22. The molecule has 0 aliphatic carbocycles. The first-order chi connectivity index (χ1) is 14.7. The first-order valence-corrected chi connectivity index (χ1v) is 12.9. The normalized spacial score (nSPS) is 11.6. The van der Waals surface area contributed by atoms with Gasteiger partial charge in [0.25, 0.3) is 10.1 Å². The van der Waals surface area contributed by atoms with Gasteiger partial charge in [-0.3, -0.25) is 4.55 Å². The van der Waals surface area contributed by atoms with E-state index in [0.717, 1.165) is 6.54 Å². The van der Waals surface area contributed by atoms with Crippen molar-refractivity contribution < 1.29 is 91.9 Å². The molecular formula is C22H41NNa2O7S. The van der Waals surface area contributed by atoms with Gasteiger partial charge in [0.05, 0.1) is 5.97 Å². The molecule has 0 aromatic heterocycles. The number of carbonyl (C=O) groups is 2. The Morgan fingerprint density at radius 3 is 1.52 bits per heavy atom. The van der Waals surface area contributed by atoms with E-state index in [0.29, 0.717) is 0 Å². The molecule has 1 unspecified atom stereocenters. The summed E-state index contributed by atoms with van der Waals surface area (Å²) in [5, 5.41) is 17.3. The summed E-state index contributed by atoms with van der Waals surface area (Å²) in [6, 6.07) is 0. The Morgan fingerprint density at radius 2 is 1.21 bits per heavy atom. The van der Waals surface area contributed by atoms with Crippen LogP contribution in [0.25, 0.3) is 0 Å². The second kappa shape index (κ2) is 28.8. The summed E-state index contributed by atoms with van der Waals surface area (Å²) in [5.41, 5.74) is 5.47. The molecule has 0 heterocycles. The molecule has 0 rings (SSSR count). The Balaban J connectivity index is -0.000000262. The number of aliphatic carboxylic acids is 2.